The molecule has 0 atom stereocenters. The molecule has 3 rings (SSSR count). The summed E-state index contributed by atoms with van der Waals surface area (Å²) in [5.74, 6) is 6.74. The molecule has 5 nitrogen and oxygen atoms in total. The quantitative estimate of drug-likeness (QED) is 0.797. The van der Waals surface area contributed by atoms with E-state index in [0.717, 1.165) is 31.2 Å². The van der Waals surface area contributed by atoms with Crippen LogP contribution in [-0.4, -0.2) is 14.3 Å². The molecule has 1 aromatic rings. The Bertz CT molecular complexity index is 646. The number of nitrogens with two attached hydrogens (primary N) is 1. The lowest BCUT2D eigenvalue weighted by molar-refractivity contribution is 0.594. The maximum Gasteiger partial charge on any atom is 0.286 e. The van der Waals surface area contributed by atoms with Crippen molar-refractivity contribution in [3.05, 3.63) is 23.8 Å². The summed E-state index contributed by atoms with van der Waals surface area (Å²) in [7, 11) is -3.62. The number of sulfonamides is 1. The molecule has 0 amide bonds. The van der Waals surface area contributed by atoms with Gasteiger partial charge in [-0.2, -0.15) is 8.42 Å². The van der Waals surface area contributed by atoms with Crippen molar-refractivity contribution in [3.8, 4) is 0 Å². The van der Waals surface area contributed by atoms with Crippen molar-refractivity contribution >= 4 is 21.5 Å². The summed E-state index contributed by atoms with van der Waals surface area (Å²) in [5, 5.41) is 1.45. The zero-order valence-electron chi connectivity index (χ0n) is 10.8. The van der Waals surface area contributed by atoms with Gasteiger partial charge in [0, 0.05) is 5.92 Å². The highest BCUT2D eigenvalue weighted by molar-refractivity contribution is 7.90. The maximum atomic E-state index is 12.3. The van der Waals surface area contributed by atoms with Gasteiger partial charge in [-0.25, -0.2) is 5.84 Å². The third kappa shape index (κ3) is 2.04. The molecule has 0 radical (unpaired) electrons. The second-order valence-corrected chi connectivity index (χ2v) is 6.82. The molecule has 1 saturated carbocycles. The van der Waals surface area contributed by atoms with E-state index in [1.807, 2.05) is 13.0 Å². The largest absolute Gasteiger partial charge is 0.286 e. The van der Waals surface area contributed by atoms with Gasteiger partial charge in [0.1, 0.15) is 10.7 Å². The van der Waals surface area contributed by atoms with Crippen LogP contribution < -0.4 is 10.9 Å². The van der Waals surface area contributed by atoms with Gasteiger partial charge >= 0.3 is 0 Å². The second-order valence-electron chi connectivity index (χ2n) is 5.25. The average Bonchev–Trinajstić information content (AvgIpc) is 2.87. The normalized spacial score (nSPS) is 22.2. The van der Waals surface area contributed by atoms with E-state index in [9.17, 15) is 8.42 Å². The van der Waals surface area contributed by atoms with Crippen molar-refractivity contribution in [2.75, 3.05) is 5.01 Å². The maximum absolute atomic E-state index is 12.3. The molecule has 0 spiro atoms. The summed E-state index contributed by atoms with van der Waals surface area (Å²) in [6.45, 7) is 1.85. The van der Waals surface area contributed by atoms with E-state index in [-0.39, 0.29) is 10.8 Å². The van der Waals surface area contributed by atoms with Gasteiger partial charge in [-0.1, -0.05) is 18.9 Å². The molecule has 2 N–H and O–H groups in total. The first-order valence-electron chi connectivity index (χ1n) is 6.49. The monoisotopic (exact) mass is 279 g/mol. The lowest BCUT2D eigenvalue weighted by Crippen LogP contribution is -2.44. The zero-order valence-corrected chi connectivity index (χ0v) is 11.7. The number of rotatable bonds is 1. The number of amidine groups is 1. The molecule has 0 unspecified atom stereocenters. The zero-order chi connectivity index (χ0) is 13.6. The third-order valence-electron chi connectivity index (χ3n) is 3.83. The SMILES string of the molecule is Cc1ccc2c(c1)S(=O)(=O)N=C(C1CCCC1)N2N. The number of hydrogen-bond donors (Lipinski definition) is 1. The number of anilines is 1. The summed E-state index contributed by atoms with van der Waals surface area (Å²) in [5.41, 5.74) is 1.41. The molecule has 1 aromatic carbocycles. The minimum atomic E-state index is -3.62. The molecule has 1 aliphatic heterocycles. The smallest absolute Gasteiger partial charge is 0.264 e. The molecular formula is C13H17N3O2S. The molecule has 2 aliphatic rings. The van der Waals surface area contributed by atoms with Crippen LogP contribution in [0.25, 0.3) is 0 Å². The summed E-state index contributed by atoms with van der Waals surface area (Å²) in [6, 6.07) is 5.25. The Morgan fingerprint density at radius 2 is 2.00 bits per heavy atom. The lowest BCUT2D eigenvalue weighted by atomic mass is 10.1. The van der Waals surface area contributed by atoms with E-state index in [1.165, 1.54) is 5.01 Å². The third-order valence-corrected chi connectivity index (χ3v) is 5.14. The minimum absolute atomic E-state index is 0.161. The Kier molecular flexibility index (Phi) is 2.87. The van der Waals surface area contributed by atoms with Crippen LogP contribution in [0, 0.1) is 12.8 Å². The van der Waals surface area contributed by atoms with Gasteiger partial charge in [-0.3, -0.25) is 5.01 Å². The Labute approximate surface area is 113 Å². The van der Waals surface area contributed by atoms with Crippen molar-refractivity contribution in [2.24, 2.45) is 16.2 Å². The van der Waals surface area contributed by atoms with Crippen molar-refractivity contribution in [1.82, 2.24) is 0 Å². The van der Waals surface area contributed by atoms with E-state index in [0.29, 0.717) is 11.5 Å². The van der Waals surface area contributed by atoms with Crippen LogP contribution in [0.1, 0.15) is 31.2 Å². The predicted molar refractivity (Wildman–Crippen MR) is 74.4 cm³/mol. The number of hydrogen-bond acceptors (Lipinski definition) is 4. The molecule has 1 fully saturated rings. The fourth-order valence-electron chi connectivity index (χ4n) is 2.82. The van der Waals surface area contributed by atoms with Crippen molar-refractivity contribution in [3.63, 3.8) is 0 Å². The van der Waals surface area contributed by atoms with E-state index in [2.05, 4.69) is 4.40 Å². The van der Waals surface area contributed by atoms with Gasteiger partial charge < -0.3 is 0 Å². The van der Waals surface area contributed by atoms with Crippen LogP contribution in [0.2, 0.25) is 0 Å². The first kappa shape index (κ1) is 12.6. The fraction of sp³-hybridized carbons (Fsp3) is 0.462. The molecule has 1 aliphatic carbocycles. The number of hydrazine groups is 1. The standard InChI is InChI=1S/C13H17N3O2S/c1-9-6-7-11-12(8-9)19(17,18)15-13(16(11)14)10-4-2-3-5-10/h6-8,10H,2-5,14H2,1H3. The lowest BCUT2D eigenvalue weighted by Gasteiger charge is -2.29. The van der Waals surface area contributed by atoms with E-state index >= 15 is 0 Å². The number of aryl methyl sites for hydroxylation is 1. The van der Waals surface area contributed by atoms with E-state index in [1.54, 1.807) is 12.1 Å². The second kappa shape index (κ2) is 4.31. The Hall–Kier alpha value is -1.40. The van der Waals surface area contributed by atoms with Crippen LogP contribution >= 0.6 is 0 Å². The van der Waals surface area contributed by atoms with Crippen molar-refractivity contribution in [1.29, 1.82) is 0 Å². The number of nitrogens with zero attached hydrogens (tertiary/aromatic N) is 2. The first-order valence-corrected chi connectivity index (χ1v) is 7.93. The minimum Gasteiger partial charge on any atom is -0.264 e. The van der Waals surface area contributed by atoms with Crippen molar-refractivity contribution < 1.29 is 8.42 Å². The van der Waals surface area contributed by atoms with Gasteiger partial charge in [-0.15, -0.1) is 4.40 Å². The van der Waals surface area contributed by atoms with E-state index < -0.39 is 10.0 Å². The van der Waals surface area contributed by atoms with Gasteiger partial charge in [-0.05, 0) is 37.5 Å². The summed E-state index contributed by atoms with van der Waals surface area (Å²) in [4.78, 5) is 0.205. The Morgan fingerprint density at radius 3 is 2.68 bits per heavy atom. The molecule has 1 heterocycles. The van der Waals surface area contributed by atoms with Gasteiger partial charge in [0.15, 0.2) is 0 Å². The first-order chi connectivity index (χ1) is 8.99. The van der Waals surface area contributed by atoms with Crippen LogP contribution in [0.3, 0.4) is 0 Å². The molecule has 6 heteroatoms. The molecule has 0 bridgehead atoms. The van der Waals surface area contributed by atoms with Crippen LogP contribution in [-0.2, 0) is 10.0 Å². The molecule has 19 heavy (non-hydrogen) atoms. The summed E-state index contributed by atoms with van der Waals surface area (Å²) < 4.78 is 28.5. The van der Waals surface area contributed by atoms with Crippen LogP contribution in [0.15, 0.2) is 27.5 Å². The molecule has 102 valence electrons. The fourth-order valence-corrected chi connectivity index (χ4v) is 4.17. The highest BCUT2D eigenvalue weighted by Crippen LogP contribution is 2.35. The summed E-state index contributed by atoms with van der Waals surface area (Å²) >= 11 is 0. The topological polar surface area (TPSA) is 75.8 Å². The number of benzene rings is 1. The molecule has 0 saturated heterocycles. The highest BCUT2D eigenvalue weighted by Gasteiger charge is 2.34. The summed E-state index contributed by atoms with van der Waals surface area (Å²) in [6.07, 6.45) is 4.14. The Balaban J connectivity index is 2.13. The van der Waals surface area contributed by atoms with Crippen LogP contribution in [0.4, 0.5) is 5.69 Å². The van der Waals surface area contributed by atoms with E-state index in [4.69, 9.17) is 5.84 Å². The predicted octanol–water partition coefficient (Wildman–Crippen LogP) is 1.97. The Morgan fingerprint density at radius 1 is 1.32 bits per heavy atom. The van der Waals surface area contributed by atoms with Gasteiger partial charge in [0.05, 0.1) is 5.69 Å². The molecular weight excluding hydrogens is 262 g/mol. The van der Waals surface area contributed by atoms with Crippen LogP contribution in [0.5, 0.6) is 0 Å². The molecule has 0 aromatic heterocycles. The van der Waals surface area contributed by atoms with Gasteiger partial charge in [0.25, 0.3) is 10.0 Å². The van der Waals surface area contributed by atoms with Gasteiger partial charge in [0.2, 0.25) is 0 Å². The number of fused-ring (bicyclic) bond motifs is 1. The van der Waals surface area contributed by atoms with Crippen molar-refractivity contribution in [2.45, 2.75) is 37.5 Å². The average molecular weight is 279 g/mol. The highest BCUT2D eigenvalue weighted by atomic mass is 32.2.